The van der Waals surface area contributed by atoms with Crippen molar-refractivity contribution in [1.29, 1.82) is 0 Å². The van der Waals surface area contributed by atoms with E-state index >= 15 is 0 Å². The van der Waals surface area contributed by atoms with Gasteiger partial charge in [-0.25, -0.2) is 0 Å². The molecule has 7 nitrogen and oxygen atoms in total. The third-order valence-corrected chi connectivity index (χ3v) is 7.45. The van der Waals surface area contributed by atoms with Crippen molar-refractivity contribution in [3.63, 3.8) is 0 Å². The summed E-state index contributed by atoms with van der Waals surface area (Å²) in [4.78, 5) is 38.0. The van der Waals surface area contributed by atoms with Gasteiger partial charge in [0.25, 0.3) is 0 Å². The highest BCUT2D eigenvalue weighted by Gasteiger charge is 2.60. The number of phenolic OH excluding ortho intramolecular Hbond substituents is 1. The molecule has 3 aliphatic rings. The van der Waals surface area contributed by atoms with Crippen LogP contribution < -0.4 is 0 Å². The van der Waals surface area contributed by atoms with Crippen LogP contribution in [-0.4, -0.2) is 43.4 Å². The molecule has 33 heavy (non-hydrogen) atoms. The van der Waals surface area contributed by atoms with Crippen LogP contribution in [0.1, 0.15) is 69.7 Å². The maximum atomic E-state index is 13.6. The molecule has 1 saturated carbocycles. The van der Waals surface area contributed by atoms with Gasteiger partial charge in [-0.05, 0) is 48.6 Å². The lowest BCUT2D eigenvalue weighted by Gasteiger charge is -2.46. The number of ketones is 3. The quantitative estimate of drug-likeness (QED) is 0.504. The van der Waals surface area contributed by atoms with Gasteiger partial charge in [0.1, 0.15) is 22.8 Å². The Labute approximate surface area is 192 Å². The molecule has 0 radical (unpaired) electrons. The van der Waals surface area contributed by atoms with Gasteiger partial charge in [-0.1, -0.05) is 33.8 Å². The fourth-order valence-corrected chi connectivity index (χ4v) is 5.76. The molecular formula is C26H30O7. The van der Waals surface area contributed by atoms with Gasteiger partial charge in [0.15, 0.2) is 17.2 Å². The lowest BCUT2D eigenvalue weighted by molar-refractivity contribution is -0.147. The molecule has 4 N–H and O–H groups in total. The lowest BCUT2D eigenvalue weighted by atomic mass is 9.58. The van der Waals surface area contributed by atoms with Gasteiger partial charge < -0.3 is 20.4 Å². The van der Waals surface area contributed by atoms with Gasteiger partial charge in [0.2, 0.25) is 5.78 Å². The van der Waals surface area contributed by atoms with Gasteiger partial charge in [-0.3, -0.25) is 14.4 Å². The molecule has 0 spiro atoms. The summed E-state index contributed by atoms with van der Waals surface area (Å²) < 4.78 is 0. The number of aryl methyl sites for hydroxylation is 1. The fourth-order valence-electron chi connectivity index (χ4n) is 5.76. The number of phenols is 1. The number of carbonyl (C=O) groups excluding carboxylic acids is 3. The number of rotatable bonds is 2. The average Bonchev–Trinajstić information content (AvgIpc) is 2.69. The number of benzene rings is 1. The lowest BCUT2D eigenvalue weighted by Crippen LogP contribution is -2.57. The molecule has 1 fully saturated rings. The number of Topliss-reactive ketones (excluding diaryl/α,β-unsaturated/α-hetero) is 3. The number of hydrogen-bond donors (Lipinski definition) is 4. The number of allylic oxidation sites excluding steroid dienone is 1. The van der Waals surface area contributed by atoms with Crippen molar-refractivity contribution in [3.8, 4) is 5.75 Å². The molecule has 1 aromatic carbocycles. The summed E-state index contributed by atoms with van der Waals surface area (Å²) in [5.41, 5.74) is -1.01. The Morgan fingerprint density at radius 2 is 1.79 bits per heavy atom. The largest absolute Gasteiger partial charge is 0.508 e. The van der Waals surface area contributed by atoms with Crippen LogP contribution in [0, 0.1) is 11.8 Å². The van der Waals surface area contributed by atoms with Crippen LogP contribution in [0.25, 0.3) is 5.76 Å². The van der Waals surface area contributed by atoms with E-state index in [-0.39, 0.29) is 29.7 Å². The van der Waals surface area contributed by atoms with Crippen molar-refractivity contribution >= 4 is 23.1 Å². The molecule has 1 aromatic rings. The highest BCUT2D eigenvalue weighted by Crippen LogP contribution is 2.53. The molecule has 0 heterocycles. The number of fused-ring (bicyclic) bond motifs is 3. The van der Waals surface area contributed by atoms with E-state index < -0.39 is 57.3 Å². The summed E-state index contributed by atoms with van der Waals surface area (Å²) in [7, 11) is 0. The summed E-state index contributed by atoms with van der Waals surface area (Å²) >= 11 is 0. The molecule has 0 amide bonds. The van der Waals surface area contributed by atoms with Crippen LogP contribution in [0.2, 0.25) is 0 Å². The molecule has 3 aliphatic carbocycles. The van der Waals surface area contributed by atoms with Gasteiger partial charge in [0.05, 0.1) is 5.56 Å². The van der Waals surface area contributed by atoms with E-state index in [1.807, 2.05) is 33.8 Å². The minimum Gasteiger partial charge on any atom is -0.508 e. The van der Waals surface area contributed by atoms with E-state index in [1.54, 1.807) is 0 Å². The van der Waals surface area contributed by atoms with Crippen molar-refractivity contribution in [2.45, 2.75) is 71.3 Å². The maximum absolute atomic E-state index is 13.6. The van der Waals surface area contributed by atoms with Gasteiger partial charge in [-0.15, -0.1) is 0 Å². The zero-order valence-electron chi connectivity index (χ0n) is 19.6. The molecule has 0 aliphatic heterocycles. The van der Waals surface area contributed by atoms with E-state index in [4.69, 9.17) is 0 Å². The molecule has 7 heteroatoms. The average molecular weight is 455 g/mol. The van der Waals surface area contributed by atoms with Crippen molar-refractivity contribution in [3.05, 3.63) is 45.2 Å². The van der Waals surface area contributed by atoms with E-state index in [0.717, 1.165) is 18.1 Å². The summed E-state index contributed by atoms with van der Waals surface area (Å²) in [5.74, 6) is -5.10. The Morgan fingerprint density at radius 1 is 1.15 bits per heavy atom. The minimum absolute atomic E-state index is 0.0755. The summed E-state index contributed by atoms with van der Waals surface area (Å²) in [6.45, 7) is 8.89. The van der Waals surface area contributed by atoms with Crippen LogP contribution in [0.5, 0.6) is 5.75 Å². The number of carbonyl (C=O) groups is 3. The van der Waals surface area contributed by atoms with Gasteiger partial charge in [-0.2, -0.15) is 0 Å². The molecule has 4 rings (SSSR count). The second-order valence-corrected chi connectivity index (χ2v) is 10.5. The Kier molecular flexibility index (Phi) is 5.13. The SMILES string of the molecule is CCc1cc(C(C)(C)C)c(O)c2c1C[C@H]1C[C@H]3CC(=O)C(C(C)=O)=C(O)[C@@]3(O)C(=O)C1=C2O. The van der Waals surface area contributed by atoms with Crippen LogP contribution >= 0.6 is 0 Å². The molecular weight excluding hydrogens is 424 g/mol. The maximum Gasteiger partial charge on any atom is 0.202 e. The molecule has 176 valence electrons. The highest BCUT2D eigenvalue weighted by atomic mass is 16.3. The number of aliphatic hydroxyl groups is 3. The number of aliphatic hydroxyl groups excluding tert-OH is 2. The first-order chi connectivity index (χ1) is 15.2. The Balaban J connectivity index is 1.98. The Hall–Kier alpha value is -2.93. The van der Waals surface area contributed by atoms with Crippen molar-refractivity contribution in [1.82, 2.24) is 0 Å². The summed E-state index contributed by atoms with van der Waals surface area (Å²) in [6.07, 6.45) is 0.944. The third kappa shape index (κ3) is 3.09. The summed E-state index contributed by atoms with van der Waals surface area (Å²) in [5, 5.41) is 44.5. The highest BCUT2D eigenvalue weighted by molar-refractivity contribution is 6.23. The van der Waals surface area contributed by atoms with Crippen molar-refractivity contribution in [2.75, 3.05) is 0 Å². The number of aromatic hydroxyl groups is 1. The topological polar surface area (TPSA) is 132 Å². The summed E-state index contributed by atoms with van der Waals surface area (Å²) in [6, 6.07) is 1.94. The molecule has 0 bridgehead atoms. The zero-order chi connectivity index (χ0) is 24.6. The second-order valence-electron chi connectivity index (χ2n) is 10.5. The third-order valence-electron chi connectivity index (χ3n) is 7.45. The normalized spacial score (nSPS) is 27.3. The minimum atomic E-state index is -2.46. The first kappa shape index (κ1) is 23.2. The Morgan fingerprint density at radius 3 is 2.33 bits per heavy atom. The van der Waals surface area contributed by atoms with E-state index in [2.05, 4.69) is 0 Å². The van der Waals surface area contributed by atoms with E-state index in [1.165, 1.54) is 0 Å². The van der Waals surface area contributed by atoms with Crippen molar-refractivity contribution < 1.29 is 34.8 Å². The van der Waals surface area contributed by atoms with Crippen LogP contribution in [0.15, 0.2) is 23.0 Å². The molecule has 0 unspecified atom stereocenters. The van der Waals surface area contributed by atoms with Gasteiger partial charge >= 0.3 is 0 Å². The monoisotopic (exact) mass is 454 g/mol. The zero-order valence-corrected chi connectivity index (χ0v) is 19.6. The molecule has 0 saturated heterocycles. The fraction of sp³-hybridized carbons (Fsp3) is 0.500. The second kappa shape index (κ2) is 7.29. The standard InChI is InChI=1S/C26H30O7/c1-6-12-9-16(25(3,4)5)21(29)20-15(12)8-13-7-14-10-17(28)18(11(2)27)23(31)26(14,33)24(32)19(13)22(20)30/h9,13-14,29-31,33H,6-8,10H2,1-5H3/t13-,14+,26-/m1/s1. The van der Waals surface area contributed by atoms with E-state index in [9.17, 15) is 34.8 Å². The molecule has 3 atom stereocenters. The number of hydrogen-bond acceptors (Lipinski definition) is 7. The smallest absolute Gasteiger partial charge is 0.202 e. The predicted molar refractivity (Wildman–Crippen MR) is 121 cm³/mol. The van der Waals surface area contributed by atoms with Crippen LogP contribution in [0.3, 0.4) is 0 Å². The first-order valence-electron chi connectivity index (χ1n) is 11.3. The van der Waals surface area contributed by atoms with Crippen molar-refractivity contribution in [2.24, 2.45) is 11.8 Å². The van der Waals surface area contributed by atoms with E-state index in [0.29, 0.717) is 18.4 Å². The molecule has 0 aromatic heterocycles. The Bertz CT molecular complexity index is 1180. The van der Waals surface area contributed by atoms with Crippen LogP contribution in [-0.2, 0) is 32.6 Å². The predicted octanol–water partition coefficient (Wildman–Crippen LogP) is 3.39. The van der Waals surface area contributed by atoms with Gasteiger partial charge in [0, 0.05) is 23.5 Å². The van der Waals surface area contributed by atoms with Crippen LogP contribution in [0.4, 0.5) is 0 Å². The first-order valence-corrected chi connectivity index (χ1v) is 11.3.